The summed E-state index contributed by atoms with van der Waals surface area (Å²) < 4.78 is 177. The van der Waals surface area contributed by atoms with E-state index in [2.05, 4.69) is 16.0 Å². The van der Waals surface area contributed by atoms with Crippen LogP contribution in [0.2, 0.25) is 0 Å². The summed E-state index contributed by atoms with van der Waals surface area (Å²) in [5, 5.41) is 8.11. The van der Waals surface area contributed by atoms with Crippen molar-refractivity contribution >= 4 is 129 Å². The van der Waals surface area contributed by atoms with Gasteiger partial charge in [-0.15, -0.1) is 25.3 Å². The van der Waals surface area contributed by atoms with Crippen LogP contribution in [0.3, 0.4) is 0 Å². The van der Waals surface area contributed by atoms with E-state index < -0.39 is 99.6 Å². The number of hydrogen-bond donors (Lipinski definition) is 6. The summed E-state index contributed by atoms with van der Waals surface area (Å²) >= 11 is 0. The Bertz CT molecular complexity index is 4550. The van der Waals surface area contributed by atoms with Crippen molar-refractivity contribution < 1.29 is 96.6 Å². The SMILES string of the molecule is Cc1ccc(C(=O)Cc2ccc(S(=O)(=O)O)c3cc(S(C)(=O)=O)ccc23)cc1NC(=O)c1cccc(CC(=O)Cc2cccc(C(=O)Nc3cc(C(=O)Nc4ccc(S(=O)(=O)O)c5cc(S(=O)(=O)O)ccc45)ccc3C)c2)c1.O=S(=O)=O.O=S(=O)=O. The second kappa shape index (κ2) is 26.9. The predicted molar refractivity (Wildman–Crippen MR) is 309 cm³/mol. The third-order valence-electron chi connectivity index (χ3n) is 12.6. The molecule has 0 heterocycles. The fourth-order valence-electron chi connectivity index (χ4n) is 8.62. The first-order valence-electron chi connectivity index (χ1n) is 24.2. The maximum atomic E-state index is 13.7. The van der Waals surface area contributed by atoms with Gasteiger partial charge in [-0.3, -0.25) is 37.6 Å². The Morgan fingerprint density at radius 3 is 1.29 bits per heavy atom. The van der Waals surface area contributed by atoms with Crippen LogP contribution in [0, 0.1) is 13.8 Å². The van der Waals surface area contributed by atoms with Crippen LogP contribution in [0.5, 0.6) is 0 Å². The number of ketones is 2. The van der Waals surface area contributed by atoms with Crippen LogP contribution in [-0.4, -0.2) is 108 Å². The van der Waals surface area contributed by atoms with Gasteiger partial charge >= 0.3 is 21.2 Å². The van der Waals surface area contributed by atoms with Crippen molar-refractivity contribution in [1.82, 2.24) is 0 Å². The van der Waals surface area contributed by atoms with Crippen molar-refractivity contribution in [3.63, 3.8) is 0 Å². The van der Waals surface area contributed by atoms with Crippen LogP contribution >= 0.6 is 0 Å². The first-order valence-corrected chi connectivity index (χ1v) is 32.4. The highest BCUT2D eigenvalue weighted by Gasteiger charge is 2.23. The van der Waals surface area contributed by atoms with Gasteiger partial charge in [0.15, 0.2) is 15.6 Å². The minimum Gasteiger partial charge on any atom is -0.322 e. The van der Waals surface area contributed by atoms with Gasteiger partial charge in [0.1, 0.15) is 15.6 Å². The average molecular weight is 1290 g/mol. The smallest absolute Gasteiger partial charge is 0.322 e. The van der Waals surface area contributed by atoms with E-state index in [9.17, 15) is 71.3 Å². The first-order chi connectivity index (χ1) is 40.0. The molecule has 0 atom stereocenters. The monoisotopic (exact) mass is 1290 g/mol. The summed E-state index contributed by atoms with van der Waals surface area (Å²) in [4.78, 5) is 65.9. The highest BCUT2D eigenvalue weighted by Crippen LogP contribution is 2.34. The second-order valence-electron chi connectivity index (χ2n) is 18.7. The standard InChI is InChI=1S/C55H45N3O16S4.2O3S/c1-31-10-12-36(50(60)28-35-14-20-51(77(69,70)71)45-29-41(75(3,64)65)15-17-43(35)45)26-48(31)57-53(61)37-8-4-6-33(22-37)24-40(59)25-34-7-5-9-38(23-34)54(62)58-49-27-39(13-11-32(49)2)55(63)56-47-19-21-52(78(72,73)74)46-30-42(76(66,67)68)16-18-44(46)47;2*1-4(2)3/h4-23,26-27,29-30H,24-25,28H2,1-3H3,(H,56,63)(H,57,61)(H,58,62)(H,66,67,68)(H,69,70,71)(H,72,73,74);;. The Morgan fingerprint density at radius 1 is 0.407 bits per heavy atom. The summed E-state index contributed by atoms with van der Waals surface area (Å²) in [6, 6.07) is 33.2. The molecule has 0 fully saturated rings. The van der Waals surface area contributed by atoms with E-state index in [0.717, 1.165) is 42.7 Å². The van der Waals surface area contributed by atoms with Crippen LogP contribution in [0.1, 0.15) is 69.2 Å². The molecule has 8 aromatic rings. The van der Waals surface area contributed by atoms with Gasteiger partial charge in [-0.1, -0.05) is 60.7 Å². The quantitative estimate of drug-likeness (QED) is 0.0431. The number of sulfone groups is 1. The lowest BCUT2D eigenvalue weighted by atomic mass is 9.96. The third-order valence-corrected chi connectivity index (χ3v) is 16.4. The minimum absolute atomic E-state index is 0.0208. The molecule has 0 aromatic heterocycles. The number of anilines is 3. The number of nitrogens with one attached hydrogen (secondary N) is 3. The predicted octanol–water partition coefficient (Wildman–Crippen LogP) is 6.28. The zero-order chi connectivity index (χ0) is 63.8. The van der Waals surface area contributed by atoms with E-state index in [0.29, 0.717) is 33.5 Å². The van der Waals surface area contributed by atoms with Crippen LogP contribution in [-0.2, 0) is 85.5 Å². The number of hydrogen-bond acceptors (Lipinski definition) is 19. The number of carbonyl (C=O) groups is 5. The lowest BCUT2D eigenvalue weighted by Crippen LogP contribution is -2.16. The summed E-state index contributed by atoms with van der Waals surface area (Å²) in [5.74, 6) is -2.46. The lowest BCUT2D eigenvalue weighted by Gasteiger charge is -2.14. The third kappa shape index (κ3) is 17.5. The molecule has 0 aliphatic carbocycles. The number of benzene rings is 8. The van der Waals surface area contributed by atoms with Gasteiger partial charge in [-0.05, 0) is 132 Å². The van der Waals surface area contributed by atoms with Gasteiger partial charge in [0, 0.05) is 81.0 Å². The Labute approximate surface area is 493 Å². The molecule has 0 radical (unpaired) electrons. The molecule has 8 aromatic carbocycles. The van der Waals surface area contributed by atoms with Gasteiger partial charge < -0.3 is 16.0 Å². The number of rotatable bonds is 17. The van der Waals surface area contributed by atoms with Crippen LogP contribution in [0.4, 0.5) is 17.1 Å². The lowest BCUT2D eigenvalue weighted by molar-refractivity contribution is -0.117. The molecule has 86 heavy (non-hydrogen) atoms. The van der Waals surface area contributed by atoms with Gasteiger partial charge in [-0.2, -0.15) is 25.3 Å². The van der Waals surface area contributed by atoms with E-state index in [1.807, 2.05) is 0 Å². The highest BCUT2D eigenvalue weighted by molar-refractivity contribution is 7.90. The molecule has 3 amide bonds. The Hall–Kier alpha value is -9.05. The normalized spacial score (nSPS) is 11.5. The van der Waals surface area contributed by atoms with E-state index in [4.69, 9.17) is 25.3 Å². The molecule has 0 spiro atoms. The topological polar surface area (TPSA) is 421 Å². The number of amides is 3. The number of aryl methyl sites for hydroxylation is 2. The zero-order valence-corrected chi connectivity index (χ0v) is 49.4. The van der Waals surface area contributed by atoms with E-state index >= 15 is 0 Å². The van der Waals surface area contributed by atoms with Gasteiger partial charge in [-0.25, -0.2) is 8.42 Å². The molecule has 448 valence electrons. The zero-order valence-electron chi connectivity index (χ0n) is 44.5. The summed E-state index contributed by atoms with van der Waals surface area (Å²) in [6.45, 7) is 3.41. The van der Waals surface area contributed by atoms with Crippen LogP contribution in [0.25, 0.3) is 21.5 Å². The van der Waals surface area contributed by atoms with Gasteiger partial charge in [0.05, 0.1) is 9.79 Å². The summed E-state index contributed by atoms with van der Waals surface area (Å²) in [7, 11) is -24.4. The van der Waals surface area contributed by atoms with Crippen LogP contribution < -0.4 is 16.0 Å². The first kappa shape index (κ1) is 66.1. The van der Waals surface area contributed by atoms with Crippen molar-refractivity contribution in [2.24, 2.45) is 0 Å². The Morgan fingerprint density at radius 2 is 0.814 bits per heavy atom. The highest BCUT2D eigenvalue weighted by atomic mass is 32.2. The van der Waals surface area contributed by atoms with Crippen LogP contribution in [0.15, 0.2) is 165 Å². The molecular weight excluding hydrogens is 1250 g/mol. The fraction of sp³-hybridized carbons (Fsp3) is 0.109. The van der Waals surface area contributed by atoms with Crippen molar-refractivity contribution in [3.8, 4) is 0 Å². The minimum atomic E-state index is -4.87. The maximum Gasteiger partial charge on any atom is 0.425 e. The molecule has 6 N–H and O–H groups in total. The molecule has 31 heteroatoms. The molecule has 25 nitrogen and oxygen atoms in total. The van der Waals surface area contributed by atoms with Crippen molar-refractivity contribution in [1.29, 1.82) is 0 Å². The van der Waals surface area contributed by atoms with Crippen molar-refractivity contribution in [2.45, 2.75) is 52.7 Å². The molecular formula is C55H45N3O22S6. The Balaban J connectivity index is 0.00000139. The molecule has 0 bridgehead atoms. The molecule has 0 aliphatic heterocycles. The number of Topliss-reactive ketones (excluding diaryl/α,β-unsaturated/α-hetero) is 2. The van der Waals surface area contributed by atoms with E-state index in [1.54, 1.807) is 68.4 Å². The van der Waals surface area contributed by atoms with Gasteiger partial charge in [0.2, 0.25) is 0 Å². The number of carbonyl (C=O) groups excluding carboxylic acids is 5. The fourth-order valence-corrected chi connectivity index (χ4v) is 11.1. The molecule has 8 rings (SSSR count). The van der Waals surface area contributed by atoms with Crippen molar-refractivity contribution in [2.75, 3.05) is 22.2 Å². The molecule has 0 unspecified atom stereocenters. The second-order valence-corrected chi connectivity index (χ2v) is 25.7. The summed E-state index contributed by atoms with van der Waals surface area (Å²) in [5.41, 5.74) is 3.85. The molecule has 0 saturated heterocycles. The van der Waals surface area contributed by atoms with E-state index in [-0.39, 0.29) is 85.1 Å². The Kier molecular flexibility index (Phi) is 20.7. The average Bonchev–Trinajstić information content (AvgIpc) is 0.918. The van der Waals surface area contributed by atoms with Crippen molar-refractivity contribution in [3.05, 3.63) is 196 Å². The van der Waals surface area contributed by atoms with E-state index in [1.165, 1.54) is 54.6 Å². The molecule has 0 aliphatic rings. The summed E-state index contributed by atoms with van der Waals surface area (Å²) in [6.07, 6.45) is 0.551. The largest absolute Gasteiger partial charge is 0.425 e. The number of fused-ring (bicyclic) bond motifs is 2. The van der Waals surface area contributed by atoms with Gasteiger partial charge in [0.25, 0.3) is 48.1 Å². The maximum absolute atomic E-state index is 13.7. The molecule has 0 saturated carbocycles.